The summed E-state index contributed by atoms with van der Waals surface area (Å²) in [4.78, 5) is 19.0. The molecule has 9 nitrogen and oxygen atoms in total. The van der Waals surface area contributed by atoms with Crippen molar-refractivity contribution in [3.8, 4) is 5.95 Å². The van der Waals surface area contributed by atoms with Crippen molar-refractivity contribution in [3.63, 3.8) is 0 Å². The van der Waals surface area contributed by atoms with Crippen LogP contribution < -0.4 is 16.8 Å². The quantitative estimate of drug-likeness (QED) is 0.347. The Morgan fingerprint density at radius 1 is 1.09 bits per heavy atom. The van der Waals surface area contributed by atoms with Gasteiger partial charge in [-0.25, -0.2) is 18.0 Å². The number of benzene rings is 2. The minimum absolute atomic E-state index is 0.00702. The van der Waals surface area contributed by atoms with Gasteiger partial charge in [-0.1, -0.05) is 18.2 Å². The maximum Gasteiger partial charge on any atom is 0.404 e. The molecule has 0 unspecified atom stereocenters. The van der Waals surface area contributed by atoms with E-state index in [9.17, 15) is 18.0 Å². The van der Waals surface area contributed by atoms with Crippen molar-refractivity contribution in [3.05, 3.63) is 70.7 Å². The minimum Gasteiger partial charge on any atom is -0.465 e. The molecule has 4 rings (SSSR count). The minimum atomic E-state index is -1.29. The summed E-state index contributed by atoms with van der Waals surface area (Å²) in [5.41, 5.74) is 12.7. The molecule has 2 aromatic carbocycles. The van der Waals surface area contributed by atoms with Crippen molar-refractivity contribution >= 4 is 28.6 Å². The molecule has 2 heterocycles. The molecule has 4 aromatic rings. The van der Waals surface area contributed by atoms with E-state index in [2.05, 4.69) is 20.4 Å². The standard InChI is InChI=1S/C20H16F3N7O2/c21-10-5-9(16(23)13(22)7-10)6-14-11-3-1-2-4-15(11)30(29-14)19-27-17(24)12(18(25)28-19)8-26-20(31)32/h1-5,7,26H,6,8H2,(H,31,32)(H4,24,25,27,28). The van der Waals surface area contributed by atoms with Crippen molar-refractivity contribution in [1.82, 2.24) is 25.1 Å². The molecule has 12 heteroatoms. The van der Waals surface area contributed by atoms with Crippen molar-refractivity contribution in [2.24, 2.45) is 0 Å². The number of anilines is 2. The molecule has 0 atom stereocenters. The Balaban J connectivity index is 1.80. The molecule has 0 saturated carbocycles. The molecule has 0 aliphatic carbocycles. The Labute approximate surface area is 178 Å². The van der Waals surface area contributed by atoms with Crippen LogP contribution in [0.4, 0.5) is 29.6 Å². The van der Waals surface area contributed by atoms with E-state index < -0.39 is 23.5 Å². The predicted octanol–water partition coefficient (Wildman–Crippen LogP) is 2.76. The number of halogens is 3. The smallest absolute Gasteiger partial charge is 0.404 e. The van der Waals surface area contributed by atoms with Gasteiger partial charge in [0.05, 0.1) is 23.3 Å². The van der Waals surface area contributed by atoms with Gasteiger partial charge in [-0.2, -0.15) is 19.7 Å². The molecule has 0 saturated heterocycles. The van der Waals surface area contributed by atoms with Crippen LogP contribution in [0.5, 0.6) is 0 Å². The Kier molecular flexibility index (Phi) is 5.26. The van der Waals surface area contributed by atoms with E-state index in [1.165, 1.54) is 4.68 Å². The lowest BCUT2D eigenvalue weighted by Crippen LogP contribution is -2.23. The highest BCUT2D eigenvalue weighted by atomic mass is 19.2. The van der Waals surface area contributed by atoms with Gasteiger partial charge in [0.2, 0.25) is 0 Å². The zero-order valence-corrected chi connectivity index (χ0v) is 16.3. The maximum absolute atomic E-state index is 14.2. The van der Waals surface area contributed by atoms with Crippen LogP contribution in [-0.2, 0) is 13.0 Å². The maximum atomic E-state index is 14.2. The van der Waals surface area contributed by atoms with Gasteiger partial charge in [0.1, 0.15) is 17.5 Å². The summed E-state index contributed by atoms with van der Waals surface area (Å²) in [5, 5.41) is 15.9. The van der Waals surface area contributed by atoms with E-state index in [4.69, 9.17) is 16.6 Å². The molecular weight excluding hydrogens is 427 g/mol. The summed E-state index contributed by atoms with van der Waals surface area (Å²) < 4.78 is 42.8. The number of fused-ring (bicyclic) bond motifs is 1. The van der Waals surface area contributed by atoms with Crippen LogP contribution in [0.3, 0.4) is 0 Å². The van der Waals surface area contributed by atoms with Gasteiger partial charge in [-0.3, -0.25) is 0 Å². The second-order valence-electron chi connectivity index (χ2n) is 6.84. The van der Waals surface area contributed by atoms with Crippen LogP contribution in [0.1, 0.15) is 16.8 Å². The van der Waals surface area contributed by atoms with Gasteiger partial charge < -0.3 is 21.9 Å². The van der Waals surface area contributed by atoms with Crippen molar-refractivity contribution in [2.45, 2.75) is 13.0 Å². The van der Waals surface area contributed by atoms with Gasteiger partial charge >= 0.3 is 6.09 Å². The molecule has 164 valence electrons. The highest BCUT2D eigenvalue weighted by Crippen LogP contribution is 2.26. The number of hydrogen-bond acceptors (Lipinski definition) is 6. The number of nitrogens with two attached hydrogens (primary N) is 2. The first-order valence-electron chi connectivity index (χ1n) is 9.23. The van der Waals surface area contributed by atoms with Crippen LogP contribution in [0.2, 0.25) is 0 Å². The van der Waals surface area contributed by atoms with Gasteiger partial charge in [0.25, 0.3) is 5.95 Å². The summed E-state index contributed by atoms with van der Waals surface area (Å²) >= 11 is 0. The average molecular weight is 443 g/mol. The number of amides is 1. The predicted molar refractivity (Wildman–Crippen MR) is 109 cm³/mol. The molecule has 0 radical (unpaired) electrons. The fourth-order valence-electron chi connectivity index (χ4n) is 3.28. The van der Waals surface area contributed by atoms with Gasteiger partial charge in [0.15, 0.2) is 11.6 Å². The number of para-hydroxylation sites is 1. The Morgan fingerprint density at radius 3 is 2.47 bits per heavy atom. The Bertz CT molecular complexity index is 1330. The molecule has 32 heavy (non-hydrogen) atoms. The SMILES string of the molecule is Nc1nc(-n2nc(Cc3cc(F)cc(F)c3F)c3ccccc32)nc(N)c1CNC(=O)O. The normalized spacial score (nSPS) is 11.1. The lowest BCUT2D eigenvalue weighted by atomic mass is 10.1. The molecule has 6 N–H and O–H groups in total. The molecule has 0 fully saturated rings. The summed E-state index contributed by atoms with van der Waals surface area (Å²) in [6.45, 7) is -0.192. The number of carboxylic acid groups (broad SMARTS) is 1. The van der Waals surface area contributed by atoms with Crippen molar-refractivity contribution in [2.75, 3.05) is 11.5 Å². The number of rotatable bonds is 5. The van der Waals surface area contributed by atoms with Gasteiger partial charge in [-0.15, -0.1) is 0 Å². The number of aromatic nitrogens is 4. The molecule has 0 aliphatic rings. The molecule has 2 aromatic heterocycles. The highest BCUT2D eigenvalue weighted by Gasteiger charge is 2.19. The molecular formula is C20H16F3N7O2. The zero-order chi connectivity index (χ0) is 23.0. The van der Waals surface area contributed by atoms with E-state index in [0.717, 1.165) is 6.07 Å². The summed E-state index contributed by atoms with van der Waals surface area (Å²) in [7, 11) is 0. The van der Waals surface area contributed by atoms with E-state index >= 15 is 0 Å². The monoisotopic (exact) mass is 443 g/mol. The fraction of sp³-hybridized carbons (Fsp3) is 0.100. The van der Waals surface area contributed by atoms with Crippen LogP contribution in [0.15, 0.2) is 36.4 Å². The molecule has 0 bridgehead atoms. The number of nitrogen functional groups attached to an aromatic ring is 2. The molecule has 0 aliphatic heterocycles. The van der Waals surface area contributed by atoms with Gasteiger partial charge in [-0.05, 0) is 17.7 Å². The average Bonchev–Trinajstić information content (AvgIpc) is 3.09. The third kappa shape index (κ3) is 3.85. The lowest BCUT2D eigenvalue weighted by Gasteiger charge is -2.10. The lowest BCUT2D eigenvalue weighted by molar-refractivity contribution is 0.194. The van der Waals surface area contributed by atoms with E-state index in [1.54, 1.807) is 24.3 Å². The number of carbonyl (C=O) groups is 1. The van der Waals surface area contributed by atoms with Crippen LogP contribution in [-0.4, -0.2) is 30.9 Å². The first-order chi connectivity index (χ1) is 15.2. The highest BCUT2D eigenvalue weighted by molar-refractivity contribution is 5.83. The summed E-state index contributed by atoms with van der Waals surface area (Å²) in [6.07, 6.45) is -1.46. The van der Waals surface area contributed by atoms with Crippen LogP contribution in [0.25, 0.3) is 16.9 Å². The zero-order valence-electron chi connectivity index (χ0n) is 16.3. The van der Waals surface area contributed by atoms with Gasteiger partial charge in [0, 0.05) is 17.9 Å². The Hall–Kier alpha value is -4.35. The van der Waals surface area contributed by atoms with Crippen molar-refractivity contribution < 1.29 is 23.1 Å². The van der Waals surface area contributed by atoms with E-state index in [0.29, 0.717) is 22.7 Å². The second kappa shape index (κ2) is 8.06. The van der Waals surface area contributed by atoms with E-state index in [1.807, 2.05) is 0 Å². The van der Waals surface area contributed by atoms with Crippen LogP contribution in [0, 0.1) is 17.5 Å². The summed E-state index contributed by atoms with van der Waals surface area (Å²) in [5.74, 6) is -3.48. The molecule has 1 amide bonds. The largest absolute Gasteiger partial charge is 0.465 e. The number of nitrogens with one attached hydrogen (secondary N) is 1. The first-order valence-corrected chi connectivity index (χ1v) is 9.23. The summed E-state index contributed by atoms with van der Waals surface area (Å²) in [6, 6.07) is 8.23. The van der Waals surface area contributed by atoms with Crippen molar-refractivity contribution in [1.29, 1.82) is 0 Å². The van der Waals surface area contributed by atoms with Crippen LogP contribution >= 0.6 is 0 Å². The number of nitrogens with zero attached hydrogens (tertiary/aromatic N) is 4. The fourth-order valence-corrected chi connectivity index (χ4v) is 3.28. The second-order valence-corrected chi connectivity index (χ2v) is 6.84. The first kappa shape index (κ1) is 20.9. The molecule has 0 spiro atoms. The van der Waals surface area contributed by atoms with E-state index in [-0.39, 0.29) is 41.7 Å². The Morgan fingerprint density at radius 2 is 1.78 bits per heavy atom. The third-order valence-electron chi connectivity index (χ3n) is 4.76. The number of hydrogen-bond donors (Lipinski definition) is 4. The third-order valence-corrected chi connectivity index (χ3v) is 4.76. The topological polar surface area (TPSA) is 145 Å².